The molecule has 0 aliphatic carbocycles. The average molecular weight is 353 g/mol. The van der Waals surface area contributed by atoms with Crippen LogP contribution in [0.3, 0.4) is 0 Å². The Kier molecular flexibility index (Phi) is 3.36. The highest BCUT2D eigenvalue weighted by atomic mass is 79.9. The Hall–Kier alpha value is -1.65. The number of H-pyrrole nitrogens is 1. The second kappa shape index (κ2) is 5.04. The third kappa shape index (κ3) is 2.15. The van der Waals surface area contributed by atoms with Crippen molar-refractivity contribution in [3.05, 3.63) is 69.0 Å². The lowest BCUT2D eigenvalue weighted by atomic mass is 10.0. The third-order valence-corrected chi connectivity index (χ3v) is 4.38. The normalized spacial score (nSPS) is 10.9. The lowest BCUT2D eigenvalue weighted by molar-refractivity contribution is 0.104. The lowest BCUT2D eigenvalue weighted by Crippen LogP contribution is -2.01. The first-order valence-corrected chi connectivity index (χ1v) is 7.00. The van der Waals surface area contributed by atoms with E-state index >= 15 is 0 Å². The number of ketones is 1. The second-order valence-electron chi connectivity index (χ2n) is 4.32. The van der Waals surface area contributed by atoms with E-state index in [1.54, 1.807) is 30.5 Å². The summed E-state index contributed by atoms with van der Waals surface area (Å²) in [6.45, 7) is 0. The monoisotopic (exact) mass is 351 g/mol. The number of nitrogens with one attached hydrogen (secondary N) is 1. The molecule has 5 heteroatoms. The highest BCUT2D eigenvalue weighted by Gasteiger charge is 2.18. The van der Waals surface area contributed by atoms with Crippen molar-refractivity contribution in [2.45, 2.75) is 0 Å². The molecule has 1 N–H and O–H groups in total. The van der Waals surface area contributed by atoms with E-state index in [9.17, 15) is 9.18 Å². The van der Waals surface area contributed by atoms with Crippen molar-refractivity contribution in [2.75, 3.05) is 0 Å². The number of carbonyl (C=O) groups excluding carboxylic acids is 1. The van der Waals surface area contributed by atoms with Gasteiger partial charge in [-0.1, -0.05) is 17.7 Å². The number of rotatable bonds is 2. The lowest BCUT2D eigenvalue weighted by Gasteiger charge is -2.04. The summed E-state index contributed by atoms with van der Waals surface area (Å²) in [4.78, 5) is 15.5. The van der Waals surface area contributed by atoms with Gasteiger partial charge in [0, 0.05) is 32.7 Å². The van der Waals surface area contributed by atoms with E-state index in [4.69, 9.17) is 11.6 Å². The minimum Gasteiger partial charge on any atom is -0.360 e. The van der Waals surface area contributed by atoms with Crippen molar-refractivity contribution in [3.63, 3.8) is 0 Å². The van der Waals surface area contributed by atoms with E-state index in [-0.39, 0.29) is 11.6 Å². The van der Waals surface area contributed by atoms with Gasteiger partial charge in [0.15, 0.2) is 5.78 Å². The first-order valence-electron chi connectivity index (χ1n) is 5.83. The van der Waals surface area contributed by atoms with Gasteiger partial charge >= 0.3 is 0 Å². The van der Waals surface area contributed by atoms with E-state index in [0.717, 1.165) is 0 Å². The van der Waals surface area contributed by atoms with Crippen LogP contribution >= 0.6 is 27.5 Å². The fraction of sp³-hybridized carbons (Fsp3) is 0. The molecule has 0 atom stereocenters. The molecule has 100 valence electrons. The van der Waals surface area contributed by atoms with Crippen molar-refractivity contribution in [3.8, 4) is 0 Å². The number of halogens is 3. The van der Waals surface area contributed by atoms with Gasteiger partial charge in [-0.15, -0.1) is 0 Å². The van der Waals surface area contributed by atoms with Crippen molar-refractivity contribution >= 4 is 44.2 Å². The van der Waals surface area contributed by atoms with Crippen molar-refractivity contribution < 1.29 is 9.18 Å². The molecule has 0 saturated heterocycles. The number of hydrogen-bond donors (Lipinski definition) is 1. The zero-order valence-electron chi connectivity index (χ0n) is 10.1. The van der Waals surface area contributed by atoms with Crippen molar-refractivity contribution in [2.24, 2.45) is 0 Å². The molecule has 0 bridgehead atoms. The predicted molar refractivity (Wildman–Crippen MR) is 80.8 cm³/mol. The van der Waals surface area contributed by atoms with Gasteiger partial charge in [-0.25, -0.2) is 4.39 Å². The van der Waals surface area contributed by atoms with Gasteiger partial charge in [0.2, 0.25) is 0 Å². The molecule has 2 nitrogen and oxygen atoms in total. The molecule has 0 saturated carbocycles. The van der Waals surface area contributed by atoms with Gasteiger partial charge in [0.1, 0.15) is 5.82 Å². The average Bonchev–Trinajstić information content (AvgIpc) is 2.84. The number of aromatic amines is 1. The highest BCUT2D eigenvalue weighted by Crippen LogP contribution is 2.29. The quantitative estimate of drug-likeness (QED) is 0.650. The van der Waals surface area contributed by atoms with Gasteiger partial charge in [0.25, 0.3) is 0 Å². The summed E-state index contributed by atoms with van der Waals surface area (Å²) in [5.74, 6) is -0.548. The van der Waals surface area contributed by atoms with Gasteiger partial charge in [-0.3, -0.25) is 4.79 Å². The molecule has 1 aromatic heterocycles. The van der Waals surface area contributed by atoms with Crippen LogP contribution in [0.25, 0.3) is 10.9 Å². The first-order chi connectivity index (χ1) is 9.58. The van der Waals surface area contributed by atoms with Crippen molar-refractivity contribution in [1.29, 1.82) is 0 Å². The smallest absolute Gasteiger partial charge is 0.196 e. The van der Waals surface area contributed by atoms with E-state index in [0.29, 0.717) is 31.5 Å². The first kappa shape index (κ1) is 13.3. The molecule has 0 fully saturated rings. The summed E-state index contributed by atoms with van der Waals surface area (Å²) in [5.41, 5.74) is 1.46. The summed E-state index contributed by atoms with van der Waals surface area (Å²) >= 11 is 9.44. The van der Waals surface area contributed by atoms with Gasteiger partial charge < -0.3 is 4.98 Å². The molecule has 0 unspecified atom stereocenters. The molecule has 1 heterocycles. The summed E-state index contributed by atoms with van der Waals surface area (Å²) in [6, 6.07) is 9.45. The maximum atomic E-state index is 13.2. The maximum absolute atomic E-state index is 13.2. The number of carbonyl (C=O) groups is 1. The number of aromatic nitrogens is 1. The summed E-state index contributed by atoms with van der Waals surface area (Å²) in [5, 5.41) is 1.04. The maximum Gasteiger partial charge on any atom is 0.196 e. The molecule has 0 aliphatic rings. The fourth-order valence-corrected chi connectivity index (χ4v) is 2.69. The van der Waals surface area contributed by atoms with E-state index in [1.807, 2.05) is 0 Å². The van der Waals surface area contributed by atoms with Crippen LogP contribution < -0.4 is 0 Å². The molecule has 0 radical (unpaired) electrons. The number of benzene rings is 2. The van der Waals surface area contributed by atoms with Crippen LogP contribution in [0, 0.1) is 5.82 Å². The van der Waals surface area contributed by atoms with Crippen LogP contribution in [0.4, 0.5) is 4.39 Å². The molecular weight excluding hydrogens is 345 g/mol. The fourth-order valence-electron chi connectivity index (χ4n) is 2.11. The Balaban J connectivity index is 2.16. The molecule has 0 spiro atoms. The van der Waals surface area contributed by atoms with Gasteiger partial charge in [0.05, 0.1) is 5.02 Å². The summed E-state index contributed by atoms with van der Waals surface area (Å²) in [6.07, 6.45) is 1.57. The molecule has 20 heavy (non-hydrogen) atoms. The molecule has 2 aromatic carbocycles. The van der Waals surface area contributed by atoms with Gasteiger partial charge in [-0.2, -0.15) is 0 Å². The number of fused-ring (bicyclic) bond motifs is 1. The van der Waals surface area contributed by atoms with Crippen LogP contribution in [0.1, 0.15) is 15.9 Å². The zero-order chi connectivity index (χ0) is 14.3. The largest absolute Gasteiger partial charge is 0.360 e. The van der Waals surface area contributed by atoms with Crippen LogP contribution in [0.15, 0.2) is 47.1 Å². The van der Waals surface area contributed by atoms with E-state index < -0.39 is 0 Å². The topological polar surface area (TPSA) is 32.9 Å². The second-order valence-corrected chi connectivity index (χ2v) is 5.56. The molecule has 3 rings (SSSR count). The molecule has 0 aliphatic heterocycles. The summed E-state index contributed by atoms with van der Waals surface area (Å²) in [7, 11) is 0. The highest BCUT2D eigenvalue weighted by molar-refractivity contribution is 9.10. The van der Waals surface area contributed by atoms with E-state index in [2.05, 4.69) is 20.9 Å². The standard InChI is InChI=1S/C15H8BrClFNO/c16-12-3-1-2-10(14(12)17)15(20)11-7-19-13-6-8(18)4-5-9(11)13/h1-7,19H. The summed E-state index contributed by atoms with van der Waals surface area (Å²) < 4.78 is 13.8. The molecular formula is C15H8BrClFNO. The Labute approximate surface area is 127 Å². The Morgan fingerprint density at radius 2 is 2.00 bits per heavy atom. The molecule has 3 aromatic rings. The van der Waals surface area contributed by atoms with Gasteiger partial charge in [-0.05, 0) is 46.3 Å². The SMILES string of the molecule is O=C(c1cccc(Br)c1Cl)c1c[nH]c2cc(F)ccc12. The minimum atomic E-state index is -0.348. The predicted octanol–water partition coefficient (Wildman–Crippen LogP) is 4.95. The Morgan fingerprint density at radius 1 is 1.20 bits per heavy atom. The van der Waals surface area contributed by atoms with Crippen LogP contribution in [0.5, 0.6) is 0 Å². The number of hydrogen-bond acceptors (Lipinski definition) is 1. The Bertz CT molecular complexity index is 828. The Morgan fingerprint density at radius 3 is 2.80 bits per heavy atom. The van der Waals surface area contributed by atoms with Crippen molar-refractivity contribution in [1.82, 2.24) is 4.98 Å². The van der Waals surface area contributed by atoms with Crippen LogP contribution in [0.2, 0.25) is 5.02 Å². The third-order valence-electron chi connectivity index (χ3n) is 3.08. The van der Waals surface area contributed by atoms with Crippen LogP contribution in [-0.4, -0.2) is 10.8 Å². The zero-order valence-corrected chi connectivity index (χ0v) is 12.4. The minimum absolute atomic E-state index is 0.200. The molecule has 0 amide bonds. The van der Waals surface area contributed by atoms with E-state index in [1.165, 1.54) is 12.1 Å². The van der Waals surface area contributed by atoms with Crippen LogP contribution in [-0.2, 0) is 0 Å².